The van der Waals surface area contributed by atoms with Crippen molar-refractivity contribution >= 4 is 46.1 Å². The number of amides is 2. The van der Waals surface area contributed by atoms with E-state index in [9.17, 15) is 14.4 Å². The monoisotopic (exact) mass is 425 g/mol. The Balaban J connectivity index is 1.69. The maximum atomic E-state index is 12.9. The molecule has 2 amide bonds. The van der Waals surface area contributed by atoms with Gasteiger partial charge in [-0.15, -0.1) is 0 Å². The number of nitrogens with zero attached hydrogens (tertiary/aromatic N) is 2. The number of nitrogens with one attached hydrogen (secondary N) is 1. The molecule has 1 saturated heterocycles. The molecule has 3 rings (SSSR count). The predicted molar refractivity (Wildman–Crippen MR) is 118 cm³/mol. The number of carbonyl (C=O) groups is 3. The van der Waals surface area contributed by atoms with Gasteiger partial charge in [0.25, 0.3) is 0 Å². The van der Waals surface area contributed by atoms with Crippen molar-refractivity contribution < 1.29 is 19.5 Å². The summed E-state index contributed by atoms with van der Waals surface area (Å²) in [5.41, 5.74) is 1.39. The molecule has 30 heavy (non-hydrogen) atoms. The minimum atomic E-state index is -1.03. The molecule has 8 heteroatoms. The normalized spacial score (nSPS) is 17.4. The van der Waals surface area contributed by atoms with Crippen LogP contribution >= 0.6 is 11.8 Å². The summed E-state index contributed by atoms with van der Waals surface area (Å²) in [5, 5.41) is 11.7. The highest BCUT2D eigenvalue weighted by Crippen LogP contribution is 2.32. The molecule has 1 fully saturated rings. The summed E-state index contributed by atoms with van der Waals surface area (Å²) < 4.78 is 0. The van der Waals surface area contributed by atoms with Gasteiger partial charge in [-0.2, -0.15) is 0 Å². The first-order valence-electron chi connectivity index (χ1n) is 9.73. The highest BCUT2D eigenvalue weighted by atomic mass is 32.2. The number of hydrogen-bond donors (Lipinski definition) is 2. The van der Waals surface area contributed by atoms with E-state index in [1.54, 1.807) is 4.90 Å². The molecule has 0 aromatic heterocycles. The second-order valence-electron chi connectivity index (χ2n) is 6.81. The van der Waals surface area contributed by atoms with Crippen LogP contribution in [0.15, 0.2) is 59.6 Å². The topological polar surface area (TPSA) is 99.1 Å². The number of carboxylic acid groups (broad SMARTS) is 1. The maximum absolute atomic E-state index is 12.9. The van der Waals surface area contributed by atoms with Gasteiger partial charge in [-0.25, -0.2) is 9.79 Å². The third kappa shape index (κ3) is 5.48. The van der Waals surface area contributed by atoms with E-state index in [0.29, 0.717) is 17.4 Å². The predicted octanol–water partition coefficient (Wildman–Crippen LogP) is 4.15. The number of rotatable bonds is 8. The van der Waals surface area contributed by atoms with E-state index >= 15 is 0 Å². The molecule has 0 radical (unpaired) electrons. The molecular formula is C22H23N3O4S. The van der Waals surface area contributed by atoms with E-state index in [-0.39, 0.29) is 23.8 Å². The first-order chi connectivity index (χ1) is 14.5. The largest absolute Gasteiger partial charge is 0.478 e. The summed E-state index contributed by atoms with van der Waals surface area (Å²) in [6.45, 7) is 2.63. The third-order valence-electron chi connectivity index (χ3n) is 4.52. The standard InChI is InChI=1S/C22H23N3O4S/c1-2-3-13-25-20(27)18(30-22(25)24-16-7-5-4-6-8-16)14-19(26)23-17-11-9-15(10-12-17)21(28)29/h4-12,18H,2-3,13-14H2,1H3,(H,23,26)(H,28,29). The van der Waals surface area contributed by atoms with Gasteiger partial charge in [-0.1, -0.05) is 43.3 Å². The number of anilines is 1. The fourth-order valence-corrected chi connectivity index (χ4v) is 4.12. The lowest BCUT2D eigenvalue weighted by Crippen LogP contribution is -2.34. The van der Waals surface area contributed by atoms with Gasteiger partial charge >= 0.3 is 5.97 Å². The average molecular weight is 426 g/mol. The Kier molecular flexibility index (Phi) is 7.24. The molecule has 1 aliphatic heterocycles. The lowest BCUT2D eigenvalue weighted by Gasteiger charge is -2.15. The summed E-state index contributed by atoms with van der Waals surface area (Å²) in [4.78, 5) is 42.6. The first-order valence-corrected chi connectivity index (χ1v) is 10.6. The number of thioether (sulfide) groups is 1. The van der Waals surface area contributed by atoms with E-state index in [4.69, 9.17) is 5.11 Å². The number of para-hydroxylation sites is 1. The Bertz CT molecular complexity index is 945. The van der Waals surface area contributed by atoms with Gasteiger partial charge < -0.3 is 10.4 Å². The van der Waals surface area contributed by atoms with Crippen molar-refractivity contribution in [3.8, 4) is 0 Å². The number of carbonyl (C=O) groups excluding carboxylic acids is 2. The Morgan fingerprint density at radius 1 is 1.13 bits per heavy atom. The van der Waals surface area contributed by atoms with Gasteiger partial charge in [0, 0.05) is 18.7 Å². The van der Waals surface area contributed by atoms with E-state index in [2.05, 4.69) is 17.2 Å². The molecule has 0 aliphatic carbocycles. The zero-order chi connectivity index (χ0) is 21.5. The number of unbranched alkanes of at least 4 members (excludes halogenated alkanes) is 1. The number of aromatic carboxylic acids is 1. The smallest absolute Gasteiger partial charge is 0.335 e. The number of amidine groups is 1. The fraction of sp³-hybridized carbons (Fsp3) is 0.273. The third-order valence-corrected chi connectivity index (χ3v) is 5.70. The molecule has 1 unspecified atom stereocenters. The molecule has 0 bridgehead atoms. The number of carboxylic acids is 1. The molecule has 1 atom stereocenters. The van der Waals surface area contributed by atoms with Crippen molar-refractivity contribution in [2.45, 2.75) is 31.4 Å². The molecule has 2 aromatic carbocycles. The summed E-state index contributed by atoms with van der Waals surface area (Å²) >= 11 is 1.31. The molecule has 2 aromatic rings. The highest BCUT2D eigenvalue weighted by Gasteiger charge is 2.38. The molecule has 2 N–H and O–H groups in total. The second-order valence-corrected chi connectivity index (χ2v) is 7.98. The van der Waals surface area contributed by atoms with Gasteiger partial charge in [-0.3, -0.25) is 14.5 Å². The van der Waals surface area contributed by atoms with Gasteiger partial charge in [0.1, 0.15) is 5.25 Å². The number of benzene rings is 2. The van der Waals surface area contributed by atoms with Crippen LogP contribution in [-0.4, -0.2) is 44.8 Å². The Hall–Kier alpha value is -3.13. The Morgan fingerprint density at radius 3 is 2.47 bits per heavy atom. The first kappa shape index (κ1) is 21.6. The van der Waals surface area contributed by atoms with Crippen molar-refractivity contribution in [3.05, 3.63) is 60.2 Å². The lowest BCUT2D eigenvalue weighted by molar-refractivity contribution is -0.128. The number of hydrogen-bond acceptors (Lipinski definition) is 5. The summed E-state index contributed by atoms with van der Waals surface area (Å²) in [5.74, 6) is -1.45. The van der Waals surface area contributed by atoms with Gasteiger partial charge in [0.2, 0.25) is 11.8 Å². The van der Waals surface area contributed by atoms with Gasteiger partial charge in [-0.05, 0) is 42.8 Å². The molecule has 0 spiro atoms. The highest BCUT2D eigenvalue weighted by molar-refractivity contribution is 8.15. The SMILES string of the molecule is CCCCN1C(=O)C(CC(=O)Nc2ccc(C(=O)O)cc2)SC1=Nc1ccccc1. The van der Waals surface area contributed by atoms with E-state index in [1.165, 1.54) is 36.0 Å². The van der Waals surface area contributed by atoms with Crippen LogP contribution < -0.4 is 5.32 Å². The molecule has 1 aliphatic rings. The molecule has 7 nitrogen and oxygen atoms in total. The zero-order valence-electron chi connectivity index (χ0n) is 16.6. The van der Waals surface area contributed by atoms with Crippen LogP contribution in [0, 0.1) is 0 Å². The van der Waals surface area contributed by atoms with Crippen LogP contribution in [-0.2, 0) is 9.59 Å². The number of aliphatic imine (C=N–C) groups is 1. The van der Waals surface area contributed by atoms with Crippen LogP contribution in [0.25, 0.3) is 0 Å². The fourth-order valence-electron chi connectivity index (χ4n) is 2.94. The van der Waals surface area contributed by atoms with Crippen LogP contribution in [0.1, 0.15) is 36.5 Å². The Labute approximate surface area is 179 Å². The van der Waals surface area contributed by atoms with Crippen LogP contribution in [0.5, 0.6) is 0 Å². The van der Waals surface area contributed by atoms with Crippen LogP contribution in [0.2, 0.25) is 0 Å². The minimum Gasteiger partial charge on any atom is -0.478 e. The molecule has 156 valence electrons. The quantitative estimate of drug-likeness (QED) is 0.662. The second kappa shape index (κ2) is 10.1. The van der Waals surface area contributed by atoms with Gasteiger partial charge in [0.15, 0.2) is 5.17 Å². The van der Waals surface area contributed by atoms with E-state index in [0.717, 1.165) is 18.5 Å². The van der Waals surface area contributed by atoms with Gasteiger partial charge in [0.05, 0.1) is 11.3 Å². The Morgan fingerprint density at radius 2 is 1.83 bits per heavy atom. The molecule has 0 saturated carbocycles. The average Bonchev–Trinajstić information content (AvgIpc) is 3.01. The van der Waals surface area contributed by atoms with Crippen molar-refractivity contribution in [1.29, 1.82) is 0 Å². The minimum absolute atomic E-state index is 0.0145. The van der Waals surface area contributed by atoms with Crippen LogP contribution in [0.3, 0.4) is 0 Å². The zero-order valence-corrected chi connectivity index (χ0v) is 17.4. The summed E-state index contributed by atoms with van der Waals surface area (Å²) in [6, 6.07) is 15.3. The van der Waals surface area contributed by atoms with Crippen molar-refractivity contribution in [1.82, 2.24) is 4.90 Å². The molecule has 1 heterocycles. The van der Waals surface area contributed by atoms with Crippen molar-refractivity contribution in [2.75, 3.05) is 11.9 Å². The van der Waals surface area contributed by atoms with Crippen LogP contribution in [0.4, 0.5) is 11.4 Å². The summed E-state index contributed by atoms with van der Waals surface area (Å²) in [6.07, 6.45) is 1.82. The van der Waals surface area contributed by atoms with Crippen molar-refractivity contribution in [3.63, 3.8) is 0 Å². The summed E-state index contributed by atoms with van der Waals surface area (Å²) in [7, 11) is 0. The molecular weight excluding hydrogens is 402 g/mol. The van der Waals surface area contributed by atoms with Crippen molar-refractivity contribution in [2.24, 2.45) is 4.99 Å². The maximum Gasteiger partial charge on any atom is 0.335 e. The lowest BCUT2D eigenvalue weighted by atomic mass is 10.2. The van der Waals surface area contributed by atoms with E-state index < -0.39 is 11.2 Å². The van der Waals surface area contributed by atoms with E-state index in [1.807, 2.05) is 30.3 Å².